The van der Waals surface area contributed by atoms with Crippen LogP contribution < -0.4 is 10.1 Å². The number of benzene rings is 2. The Hall–Kier alpha value is -3.48. The number of para-hydroxylation sites is 1. The van der Waals surface area contributed by atoms with Gasteiger partial charge in [-0.1, -0.05) is 53.7 Å². The molecule has 142 valence electrons. The molecule has 28 heavy (non-hydrogen) atoms. The van der Waals surface area contributed by atoms with Crippen molar-refractivity contribution in [2.24, 2.45) is 0 Å². The van der Waals surface area contributed by atoms with E-state index in [2.05, 4.69) is 43.8 Å². The van der Waals surface area contributed by atoms with E-state index in [1.165, 1.54) is 0 Å². The van der Waals surface area contributed by atoms with Gasteiger partial charge >= 0.3 is 0 Å². The third-order valence-electron chi connectivity index (χ3n) is 4.53. The van der Waals surface area contributed by atoms with Crippen LogP contribution in [0.15, 0.2) is 54.6 Å². The highest BCUT2D eigenvalue weighted by Gasteiger charge is 2.14. The number of aryl methyl sites for hydroxylation is 1. The van der Waals surface area contributed by atoms with Crippen LogP contribution in [0.25, 0.3) is 11.2 Å². The quantitative estimate of drug-likeness (QED) is 0.535. The molecule has 2 aromatic carbocycles. The van der Waals surface area contributed by atoms with Crippen molar-refractivity contribution in [3.63, 3.8) is 0 Å². The van der Waals surface area contributed by atoms with Crippen molar-refractivity contribution in [2.75, 3.05) is 19.0 Å². The summed E-state index contributed by atoms with van der Waals surface area (Å²) in [5, 5.41) is 12.0. The predicted octanol–water partition coefficient (Wildman–Crippen LogP) is 3.24. The topological polar surface area (TPSA) is 77.8 Å². The van der Waals surface area contributed by atoms with Crippen LogP contribution in [-0.4, -0.2) is 38.6 Å². The molecule has 4 aromatic rings. The highest BCUT2D eigenvalue weighted by Crippen LogP contribution is 2.20. The molecule has 0 fully saturated rings. The first-order chi connectivity index (χ1) is 13.7. The molecule has 0 atom stereocenters. The Bertz CT molecular complexity index is 1080. The lowest BCUT2D eigenvalue weighted by Gasteiger charge is -2.10. The maximum atomic E-state index is 5.42. The lowest BCUT2D eigenvalue weighted by atomic mass is 10.1. The predicted molar refractivity (Wildman–Crippen MR) is 109 cm³/mol. The minimum Gasteiger partial charge on any atom is -0.496 e. The van der Waals surface area contributed by atoms with E-state index in [-0.39, 0.29) is 0 Å². The van der Waals surface area contributed by atoms with Gasteiger partial charge in [0.05, 0.1) is 13.7 Å². The van der Waals surface area contributed by atoms with E-state index in [9.17, 15) is 0 Å². The van der Waals surface area contributed by atoms with Crippen molar-refractivity contribution in [3.8, 4) is 5.75 Å². The average Bonchev–Trinajstić information content (AvgIpc) is 3.11. The first-order valence-corrected chi connectivity index (χ1v) is 9.22. The van der Waals surface area contributed by atoms with E-state index in [0.717, 1.165) is 28.9 Å². The van der Waals surface area contributed by atoms with Crippen LogP contribution >= 0.6 is 0 Å². The normalized spacial score (nSPS) is 10.9. The second-order valence-electron chi connectivity index (χ2n) is 6.51. The molecule has 0 radical (unpaired) electrons. The number of nitrogens with one attached hydrogen (secondary N) is 1. The molecule has 0 unspecified atom stereocenters. The van der Waals surface area contributed by atoms with Gasteiger partial charge in [-0.2, -0.15) is 0 Å². The molecular weight excluding hydrogens is 352 g/mol. The number of hydrogen-bond acceptors (Lipinski definition) is 6. The van der Waals surface area contributed by atoms with Crippen LogP contribution in [-0.2, 0) is 13.0 Å². The molecule has 2 heterocycles. The Balaban J connectivity index is 1.54. The van der Waals surface area contributed by atoms with Crippen LogP contribution in [0.1, 0.15) is 17.0 Å². The molecule has 7 nitrogen and oxygen atoms in total. The molecule has 0 saturated heterocycles. The maximum Gasteiger partial charge on any atom is 0.184 e. The highest BCUT2D eigenvalue weighted by atomic mass is 16.5. The monoisotopic (exact) mass is 374 g/mol. The zero-order valence-electron chi connectivity index (χ0n) is 16.0. The van der Waals surface area contributed by atoms with E-state index in [1.54, 1.807) is 7.11 Å². The Morgan fingerprint density at radius 1 is 1.00 bits per heavy atom. The van der Waals surface area contributed by atoms with Gasteiger partial charge in [-0.25, -0.2) is 14.6 Å². The second kappa shape index (κ2) is 8.04. The minimum atomic E-state index is 0.619. The van der Waals surface area contributed by atoms with Crippen molar-refractivity contribution < 1.29 is 4.74 Å². The summed E-state index contributed by atoms with van der Waals surface area (Å²) < 4.78 is 7.23. The Kier molecular flexibility index (Phi) is 5.14. The van der Waals surface area contributed by atoms with Crippen LogP contribution in [0.5, 0.6) is 5.75 Å². The fourth-order valence-corrected chi connectivity index (χ4v) is 3.18. The number of anilines is 1. The number of aromatic nitrogens is 5. The van der Waals surface area contributed by atoms with Gasteiger partial charge in [0.25, 0.3) is 0 Å². The van der Waals surface area contributed by atoms with Gasteiger partial charge in [-0.3, -0.25) is 0 Å². The molecule has 1 N–H and O–H groups in total. The summed E-state index contributed by atoms with van der Waals surface area (Å²) in [7, 11) is 1.69. The fraction of sp³-hybridized carbons (Fsp3) is 0.238. The van der Waals surface area contributed by atoms with Crippen molar-refractivity contribution in [2.45, 2.75) is 19.9 Å². The third kappa shape index (κ3) is 3.78. The summed E-state index contributed by atoms with van der Waals surface area (Å²) in [4.78, 5) is 9.08. The van der Waals surface area contributed by atoms with Gasteiger partial charge in [-0.15, -0.1) is 5.10 Å². The van der Waals surface area contributed by atoms with Gasteiger partial charge in [0.15, 0.2) is 17.0 Å². The minimum absolute atomic E-state index is 0.619. The van der Waals surface area contributed by atoms with Crippen molar-refractivity contribution in [1.82, 2.24) is 25.0 Å². The molecule has 2 aromatic heterocycles. The van der Waals surface area contributed by atoms with Crippen LogP contribution in [0.2, 0.25) is 0 Å². The summed E-state index contributed by atoms with van der Waals surface area (Å²) in [5.74, 6) is 2.28. The lowest BCUT2D eigenvalue weighted by molar-refractivity contribution is 0.410. The largest absolute Gasteiger partial charge is 0.496 e. The molecule has 0 spiro atoms. The summed E-state index contributed by atoms with van der Waals surface area (Å²) >= 11 is 0. The maximum absolute atomic E-state index is 5.42. The van der Waals surface area contributed by atoms with E-state index < -0.39 is 0 Å². The number of methoxy groups -OCH3 is 1. The zero-order chi connectivity index (χ0) is 19.3. The summed E-state index contributed by atoms with van der Waals surface area (Å²) in [6, 6.07) is 18.2. The Morgan fingerprint density at radius 2 is 1.79 bits per heavy atom. The lowest BCUT2D eigenvalue weighted by Crippen LogP contribution is -2.09. The van der Waals surface area contributed by atoms with E-state index >= 15 is 0 Å². The van der Waals surface area contributed by atoms with Crippen LogP contribution in [0.3, 0.4) is 0 Å². The highest BCUT2D eigenvalue weighted by molar-refractivity contribution is 5.82. The smallest absolute Gasteiger partial charge is 0.184 e. The van der Waals surface area contributed by atoms with E-state index in [1.807, 2.05) is 48.0 Å². The van der Waals surface area contributed by atoms with Crippen molar-refractivity contribution >= 4 is 17.0 Å². The van der Waals surface area contributed by atoms with E-state index in [0.29, 0.717) is 30.2 Å². The average molecular weight is 374 g/mol. The second-order valence-corrected chi connectivity index (χ2v) is 6.51. The SMILES string of the molecule is COc1ccccc1CCNc1nc(C)nc2c1nnn2Cc1ccccc1. The van der Waals surface area contributed by atoms with Gasteiger partial charge in [0, 0.05) is 6.54 Å². The first-order valence-electron chi connectivity index (χ1n) is 9.22. The molecule has 0 aliphatic heterocycles. The number of fused-ring (bicyclic) bond motifs is 1. The molecule has 0 aliphatic carbocycles. The standard InChI is InChI=1S/C21H22N6O/c1-15-23-20(22-13-12-17-10-6-7-11-18(17)28-2)19-21(24-15)27(26-25-19)14-16-8-4-3-5-9-16/h3-11H,12-14H2,1-2H3,(H,22,23,24). The number of ether oxygens (including phenoxy) is 1. The Morgan fingerprint density at radius 3 is 2.61 bits per heavy atom. The van der Waals surface area contributed by atoms with Gasteiger partial charge < -0.3 is 10.1 Å². The Labute approximate surface area is 163 Å². The molecule has 0 aliphatic rings. The van der Waals surface area contributed by atoms with Crippen LogP contribution in [0.4, 0.5) is 5.82 Å². The molecule has 0 saturated carbocycles. The van der Waals surface area contributed by atoms with Crippen LogP contribution in [0, 0.1) is 6.92 Å². The van der Waals surface area contributed by atoms with Crippen molar-refractivity contribution in [1.29, 1.82) is 0 Å². The van der Waals surface area contributed by atoms with Crippen molar-refractivity contribution in [3.05, 3.63) is 71.5 Å². The summed E-state index contributed by atoms with van der Waals surface area (Å²) in [5.41, 5.74) is 3.71. The summed E-state index contributed by atoms with van der Waals surface area (Å²) in [6.45, 7) is 3.20. The molecule has 4 rings (SSSR count). The fourth-order valence-electron chi connectivity index (χ4n) is 3.18. The summed E-state index contributed by atoms with van der Waals surface area (Å²) in [6.07, 6.45) is 0.812. The van der Waals surface area contributed by atoms with Gasteiger partial charge in [0.2, 0.25) is 0 Å². The molecule has 0 amide bonds. The first kappa shape index (κ1) is 17.9. The third-order valence-corrected chi connectivity index (χ3v) is 4.53. The molecule has 0 bridgehead atoms. The molecular formula is C21H22N6O. The zero-order valence-corrected chi connectivity index (χ0v) is 16.0. The van der Waals surface area contributed by atoms with Gasteiger partial charge in [0.1, 0.15) is 11.6 Å². The number of rotatable bonds is 7. The van der Waals surface area contributed by atoms with Gasteiger partial charge in [-0.05, 0) is 30.5 Å². The molecule has 7 heteroatoms. The number of hydrogen-bond donors (Lipinski definition) is 1. The number of nitrogens with zero attached hydrogens (tertiary/aromatic N) is 5. The van der Waals surface area contributed by atoms with E-state index in [4.69, 9.17) is 4.74 Å².